The molecule has 0 saturated carbocycles. The highest BCUT2D eigenvalue weighted by molar-refractivity contribution is 6.06. The van der Waals surface area contributed by atoms with Gasteiger partial charge in [-0.2, -0.15) is 0 Å². The highest BCUT2D eigenvalue weighted by atomic mass is 16.5. The van der Waals surface area contributed by atoms with Gasteiger partial charge in [-0.05, 0) is 36.2 Å². The lowest BCUT2D eigenvalue weighted by molar-refractivity contribution is -0.123. The Hall–Kier alpha value is -2.82. The number of nitrogens with one attached hydrogen (secondary N) is 2. The highest BCUT2D eigenvalue weighted by Crippen LogP contribution is 2.23. The van der Waals surface area contributed by atoms with Crippen LogP contribution >= 0.6 is 0 Å². The molecule has 0 unspecified atom stereocenters. The maximum Gasteiger partial charge on any atom is 0.259 e. The molecule has 2 aromatic carbocycles. The normalized spacial score (nSPS) is 11.2. The molecule has 0 bridgehead atoms. The van der Waals surface area contributed by atoms with Crippen LogP contribution in [-0.2, 0) is 4.79 Å². The maximum absolute atomic E-state index is 12.7. The van der Waals surface area contributed by atoms with Crippen LogP contribution in [0, 0.1) is 11.3 Å². The van der Waals surface area contributed by atoms with Crippen molar-refractivity contribution >= 4 is 23.2 Å². The zero-order chi connectivity index (χ0) is 20.0. The van der Waals surface area contributed by atoms with Crippen LogP contribution in [0.25, 0.3) is 0 Å². The van der Waals surface area contributed by atoms with E-state index in [-0.39, 0.29) is 11.8 Å². The summed E-state index contributed by atoms with van der Waals surface area (Å²) in [6.07, 6.45) is 0. The Morgan fingerprint density at radius 2 is 1.59 bits per heavy atom. The van der Waals surface area contributed by atoms with Gasteiger partial charge in [-0.3, -0.25) is 9.59 Å². The minimum Gasteiger partial charge on any atom is -0.492 e. The van der Waals surface area contributed by atoms with E-state index in [4.69, 9.17) is 4.74 Å². The van der Waals surface area contributed by atoms with Gasteiger partial charge in [-0.15, -0.1) is 0 Å². The van der Waals surface area contributed by atoms with E-state index in [1.54, 1.807) is 42.5 Å². The molecule has 0 aliphatic carbocycles. The lowest BCUT2D eigenvalue weighted by Gasteiger charge is -2.18. The average Bonchev–Trinajstić information content (AvgIpc) is 2.59. The Balaban J connectivity index is 2.13. The van der Waals surface area contributed by atoms with E-state index in [9.17, 15) is 9.59 Å². The molecule has 0 spiro atoms. The molecule has 0 aliphatic heterocycles. The molecular formula is C22H28N2O3. The molecule has 5 heteroatoms. The van der Waals surface area contributed by atoms with Gasteiger partial charge in [0, 0.05) is 16.8 Å². The van der Waals surface area contributed by atoms with Gasteiger partial charge in [0.2, 0.25) is 5.91 Å². The molecule has 0 aromatic heterocycles. The van der Waals surface area contributed by atoms with Crippen molar-refractivity contribution in [3.63, 3.8) is 0 Å². The molecule has 0 saturated heterocycles. The van der Waals surface area contributed by atoms with Crippen molar-refractivity contribution in [1.82, 2.24) is 0 Å². The van der Waals surface area contributed by atoms with Gasteiger partial charge in [0.15, 0.2) is 0 Å². The van der Waals surface area contributed by atoms with E-state index < -0.39 is 5.41 Å². The Kier molecular flexibility index (Phi) is 6.61. The minimum absolute atomic E-state index is 0.0848. The Morgan fingerprint density at radius 1 is 0.963 bits per heavy atom. The van der Waals surface area contributed by atoms with E-state index in [1.807, 2.05) is 26.8 Å². The highest BCUT2D eigenvalue weighted by Gasteiger charge is 2.21. The van der Waals surface area contributed by atoms with Crippen LogP contribution in [0.15, 0.2) is 48.5 Å². The molecule has 144 valence electrons. The van der Waals surface area contributed by atoms with Crippen molar-refractivity contribution in [3.8, 4) is 5.75 Å². The molecule has 0 atom stereocenters. The van der Waals surface area contributed by atoms with E-state index >= 15 is 0 Å². The first kappa shape index (κ1) is 20.5. The van der Waals surface area contributed by atoms with E-state index in [2.05, 4.69) is 24.5 Å². The second-order valence-corrected chi connectivity index (χ2v) is 7.94. The first-order valence-electron chi connectivity index (χ1n) is 9.11. The fourth-order valence-electron chi connectivity index (χ4n) is 2.23. The molecule has 5 nitrogen and oxygen atoms in total. The number of hydrogen-bond acceptors (Lipinski definition) is 3. The van der Waals surface area contributed by atoms with Gasteiger partial charge in [-0.25, -0.2) is 0 Å². The molecule has 2 aromatic rings. The van der Waals surface area contributed by atoms with Crippen LogP contribution in [-0.4, -0.2) is 18.4 Å². The molecule has 2 N–H and O–H groups in total. The van der Waals surface area contributed by atoms with Crippen molar-refractivity contribution in [3.05, 3.63) is 54.1 Å². The molecule has 2 amide bonds. The largest absolute Gasteiger partial charge is 0.492 e. The molecule has 2 rings (SSSR count). The van der Waals surface area contributed by atoms with Gasteiger partial charge < -0.3 is 15.4 Å². The zero-order valence-electron chi connectivity index (χ0n) is 16.6. The fourth-order valence-corrected chi connectivity index (χ4v) is 2.23. The maximum atomic E-state index is 12.7. The summed E-state index contributed by atoms with van der Waals surface area (Å²) in [6.45, 7) is 10.2. The smallest absolute Gasteiger partial charge is 0.259 e. The first-order valence-corrected chi connectivity index (χ1v) is 9.11. The number of amides is 2. The van der Waals surface area contributed by atoms with E-state index in [0.717, 1.165) is 0 Å². The first-order chi connectivity index (χ1) is 12.7. The molecular weight excluding hydrogens is 340 g/mol. The van der Waals surface area contributed by atoms with Crippen LogP contribution in [0.2, 0.25) is 0 Å². The summed E-state index contributed by atoms with van der Waals surface area (Å²) in [7, 11) is 0. The van der Waals surface area contributed by atoms with E-state index in [1.165, 1.54) is 0 Å². The van der Waals surface area contributed by atoms with Crippen LogP contribution in [0.1, 0.15) is 45.0 Å². The van der Waals surface area contributed by atoms with Crippen molar-refractivity contribution in [2.75, 3.05) is 17.2 Å². The van der Waals surface area contributed by atoms with Gasteiger partial charge in [0.05, 0.1) is 12.2 Å². The molecule has 0 heterocycles. The van der Waals surface area contributed by atoms with Gasteiger partial charge in [-0.1, -0.05) is 52.8 Å². The van der Waals surface area contributed by atoms with Gasteiger partial charge in [0.25, 0.3) is 5.91 Å². The SMILES string of the molecule is CC(C)COc1ccccc1C(=O)Nc1cccc(NC(=O)C(C)(C)C)c1. The number of ether oxygens (including phenoxy) is 1. The molecule has 0 radical (unpaired) electrons. The second kappa shape index (κ2) is 8.71. The van der Waals surface area contributed by atoms with Crippen molar-refractivity contribution in [2.24, 2.45) is 11.3 Å². The van der Waals surface area contributed by atoms with Crippen molar-refractivity contribution in [1.29, 1.82) is 0 Å². The number of para-hydroxylation sites is 1. The average molecular weight is 368 g/mol. The standard InChI is InChI=1S/C22H28N2O3/c1-15(2)14-27-19-12-7-6-11-18(19)20(25)23-16-9-8-10-17(13-16)24-21(26)22(3,4)5/h6-13,15H,14H2,1-5H3,(H,23,25)(H,24,26). The zero-order valence-corrected chi connectivity index (χ0v) is 16.6. The number of rotatable bonds is 6. The van der Waals surface area contributed by atoms with Crippen LogP contribution in [0.4, 0.5) is 11.4 Å². The Morgan fingerprint density at radius 3 is 2.22 bits per heavy atom. The summed E-state index contributed by atoms with van der Waals surface area (Å²) in [6, 6.07) is 14.3. The number of anilines is 2. The van der Waals surface area contributed by atoms with Crippen LogP contribution in [0.3, 0.4) is 0 Å². The summed E-state index contributed by atoms with van der Waals surface area (Å²) < 4.78 is 5.75. The predicted octanol–water partition coefficient (Wildman–Crippen LogP) is 4.96. The van der Waals surface area contributed by atoms with Crippen molar-refractivity contribution in [2.45, 2.75) is 34.6 Å². The summed E-state index contributed by atoms with van der Waals surface area (Å²) in [5.74, 6) is 0.581. The van der Waals surface area contributed by atoms with Gasteiger partial charge in [0.1, 0.15) is 5.75 Å². The molecule has 27 heavy (non-hydrogen) atoms. The topological polar surface area (TPSA) is 67.4 Å². The third-order valence-electron chi connectivity index (χ3n) is 3.76. The van der Waals surface area contributed by atoms with Gasteiger partial charge >= 0.3 is 0 Å². The fraction of sp³-hybridized carbons (Fsp3) is 0.364. The lowest BCUT2D eigenvalue weighted by atomic mass is 9.95. The molecule has 0 aliphatic rings. The van der Waals surface area contributed by atoms with Crippen LogP contribution < -0.4 is 15.4 Å². The number of benzene rings is 2. The second-order valence-electron chi connectivity index (χ2n) is 7.94. The van der Waals surface area contributed by atoms with Crippen LogP contribution in [0.5, 0.6) is 5.75 Å². The third-order valence-corrected chi connectivity index (χ3v) is 3.76. The number of carbonyl (C=O) groups is 2. The minimum atomic E-state index is -0.494. The lowest BCUT2D eigenvalue weighted by Crippen LogP contribution is -2.27. The Labute approximate surface area is 161 Å². The summed E-state index contributed by atoms with van der Waals surface area (Å²) in [5.41, 5.74) is 1.22. The third kappa shape index (κ3) is 6.13. The summed E-state index contributed by atoms with van der Waals surface area (Å²) in [4.78, 5) is 24.8. The van der Waals surface area contributed by atoms with E-state index in [0.29, 0.717) is 35.2 Å². The monoisotopic (exact) mass is 368 g/mol. The Bertz CT molecular complexity index is 807. The van der Waals surface area contributed by atoms with Crippen molar-refractivity contribution < 1.29 is 14.3 Å². The number of carbonyl (C=O) groups excluding carboxylic acids is 2. The predicted molar refractivity (Wildman–Crippen MR) is 109 cm³/mol. The quantitative estimate of drug-likeness (QED) is 0.757. The molecule has 0 fully saturated rings. The summed E-state index contributed by atoms with van der Waals surface area (Å²) >= 11 is 0. The summed E-state index contributed by atoms with van der Waals surface area (Å²) in [5, 5.41) is 5.73. The number of hydrogen-bond donors (Lipinski definition) is 2.